The van der Waals surface area contributed by atoms with Crippen LogP contribution in [0.5, 0.6) is 0 Å². The third-order valence-corrected chi connectivity index (χ3v) is 3.58. The van der Waals surface area contributed by atoms with Crippen molar-refractivity contribution in [2.75, 3.05) is 25.0 Å². The van der Waals surface area contributed by atoms with E-state index in [4.69, 9.17) is 0 Å². The minimum absolute atomic E-state index is 0.196. The van der Waals surface area contributed by atoms with Gasteiger partial charge in [-0.2, -0.15) is 0 Å². The van der Waals surface area contributed by atoms with Gasteiger partial charge in [0.15, 0.2) is 0 Å². The molecule has 0 saturated carbocycles. The first kappa shape index (κ1) is 17.4. The number of aromatic nitrogens is 2. The minimum atomic E-state index is 0.196. The molecule has 1 aromatic carbocycles. The number of hydrogen-bond acceptors (Lipinski definition) is 5. The number of anilines is 1. The molecule has 5 heteroatoms. The molecule has 0 bridgehead atoms. The van der Waals surface area contributed by atoms with Crippen molar-refractivity contribution < 1.29 is 5.11 Å². The highest BCUT2D eigenvalue weighted by atomic mass is 16.3. The van der Waals surface area contributed by atoms with Gasteiger partial charge in [0.1, 0.15) is 0 Å². The Hall–Kier alpha value is -1.98. The molecule has 0 aliphatic rings. The van der Waals surface area contributed by atoms with E-state index in [0.717, 1.165) is 31.7 Å². The second-order valence-electron chi connectivity index (χ2n) is 5.89. The molecule has 0 unspecified atom stereocenters. The van der Waals surface area contributed by atoms with Crippen LogP contribution in [-0.4, -0.2) is 39.7 Å². The highest BCUT2D eigenvalue weighted by molar-refractivity contribution is 5.24. The van der Waals surface area contributed by atoms with Crippen LogP contribution in [0, 0.1) is 5.92 Å². The number of hydrogen-bond donors (Lipinski definition) is 2. The van der Waals surface area contributed by atoms with E-state index in [1.165, 1.54) is 5.56 Å². The van der Waals surface area contributed by atoms with Crippen LogP contribution in [0.3, 0.4) is 0 Å². The zero-order chi connectivity index (χ0) is 16.5. The third-order valence-electron chi connectivity index (χ3n) is 3.58. The standard InChI is InChI=1S/C18H26N4O/c1-3-19-18-20-9-17(10-21-18)13-22(11-15(2)14-23)12-16-7-5-4-6-8-16/h4-10,15,23H,3,11-14H2,1-2H3,(H,19,20,21)/t15-/m0/s1. The smallest absolute Gasteiger partial charge is 0.222 e. The number of aliphatic hydroxyl groups excluding tert-OH is 1. The van der Waals surface area contributed by atoms with E-state index in [1.54, 1.807) is 0 Å². The summed E-state index contributed by atoms with van der Waals surface area (Å²) in [5.74, 6) is 0.898. The second kappa shape index (κ2) is 9.22. The van der Waals surface area contributed by atoms with Crippen LogP contribution in [0.25, 0.3) is 0 Å². The summed E-state index contributed by atoms with van der Waals surface area (Å²) in [5.41, 5.74) is 2.34. The lowest BCUT2D eigenvalue weighted by Crippen LogP contribution is -2.29. The van der Waals surface area contributed by atoms with Crippen LogP contribution in [0.1, 0.15) is 25.0 Å². The molecule has 2 aromatic rings. The predicted molar refractivity (Wildman–Crippen MR) is 93.0 cm³/mol. The Bertz CT molecular complexity index is 559. The van der Waals surface area contributed by atoms with Crippen molar-refractivity contribution in [3.8, 4) is 0 Å². The molecule has 124 valence electrons. The van der Waals surface area contributed by atoms with Gasteiger partial charge in [-0.15, -0.1) is 0 Å². The molecular weight excluding hydrogens is 288 g/mol. The molecule has 0 saturated heterocycles. The number of benzene rings is 1. The lowest BCUT2D eigenvalue weighted by Gasteiger charge is -2.25. The summed E-state index contributed by atoms with van der Waals surface area (Å²) in [6, 6.07) is 10.4. The molecule has 2 rings (SSSR count). The molecule has 0 radical (unpaired) electrons. The third kappa shape index (κ3) is 5.96. The maximum atomic E-state index is 9.35. The van der Waals surface area contributed by atoms with Gasteiger partial charge in [0.05, 0.1) is 0 Å². The first-order valence-corrected chi connectivity index (χ1v) is 8.13. The number of nitrogens with one attached hydrogen (secondary N) is 1. The molecule has 23 heavy (non-hydrogen) atoms. The SMILES string of the molecule is CCNc1ncc(CN(Cc2ccccc2)C[C@H](C)CO)cn1. The first-order chi connectivity index (χ1) is 11.2. The Morgan fingerprint density at radius 1 is 1.09 bits per heavy atom. The monoisotopic (exact) mass is 314 g/mol. The van der Waals surface area contributed by atoms with Crippen molar-refractivity contribution in [3.63, 3.8) is 0 Å². The Morgan fingerprint density at radius 3 is 2.35 bits per heavy atom. The fourth-order valence-corrected chi connectivity index (χ4v) is 2.47. The zero-order valence-electron chi connectivity index (χ0n) is 13.9. The summed E-state index contributed by atoms with van der Waals surface area (Å²) in [5, 5.41) is 12.5. The van der Waals surface area contributed by atoms with E-state index in [2.05, 4.69) is 51.4 Å². The van der Waals surface area contributed by atoms with E-state index < -0.39 is 0 Å². The Labute approximate surface area is 138 Å². The normalized spacial score (nSPS) is 12.3. The highest BCUT2D eigenvalue weighted by Gasteiger charge is 2.12. The Morgan fingerprint density at radius 2 is 1.74 bits per heavy atom. The van der Waals surface area contributed by atoms with E-state index in [-0.39, 0.29) is 12.5 Å². The van der Waals surface area contributed by atoms with Gasteiger partial charge in [-0.25, -0.2) is 9.97 Å². The van der Waals surface area contributed by atoms with E-state index >= 15 is 0 Å². The maximum absolute atomic E-state index is 9.35. The van der Waals surface area contributed by atoms with Crippen molar-refractivity contribution in [3.05, 3.63) is 53.9 Å². The van der Waals surface area contributed by atoms with Crippen molar-refractivity contribution >= 4 is 5.95 Å². The molecular formula is C18H26N4O. The van der Waals surface area contributed by atoms with Crippen LogP contribution in [0.2, 0.25) is 0 Å². The van der Waals surface area contributed by atoms with Crippen molar-refractivity contribution in [2.45, 2.75) is 26.9 Å². The molecule has 0 spiro atoms. The van der Waals surface area contributed by atoms with Crippen molar-refractivity contribution in [1.29, 1.82) is 0 Å². The Balaban J connectivity index is 2.03. The molecule has 1 heterocycles. The average Bonchev–Trinajstić information content (AvgIpc) is 2.57. The van der Waals surface area contributed by atoms with Gasteiger partial charge in [0.25, 0.3) is 0 Å². The topological polar surface area (TPSA) is 61.3 Å². The van der Waals surface area contributed by atoms with Crippen LogP contribution in [0.15, 0.2) is 42.7 Å². The van der Waals surface area contributed by atoms with Gasteiger partial charge in [-0.1, -0.05) is 37.3 Å². The fourth-order valence-electron chi connectivity index (χ4n) is 2.47. The summed E-state index contributed by atoms with van der Waals surface area (Å²) in [7, 11) is 0. The number of nitrogens with zero attached hydrogens (tertiary/aromatic N) is 3. The van der Waals surface area contributed by atoms with Gasteiger partial charge in [-0.05, 0) is 18.4 Å². The number of aliphatic hydroxyl groups is 1. The van der Waals surface area contributed by atoms with Gasteiger partial charge in [0, 0.05) is 50.7 Å². The van der Waals surface area contributed by atoms with Gasteiger partial charge < -0.3 is 10.4 Å². The highest BCUT2D eigenvalue weighted by Crippen LogP contribution is 2.12. The van der Waals surface area contributed by atoms with Gasteiger partial charge in [0.2, 0.25) is 5.95 Å². The first-order valence-electron chi connectivity index (χ1n) is 8.13. The lowest BCUT2D eigenvalue weighted by atomic mass is 10.1. The largest absolute Gasteiger partial charge is 0.396 e. The molecule has 0 amide bonds. The van der Waals surface area contributed by atoms with Gasteiger partial charge in [-0.3, -0.25) is 4.90 Å². The molecule has 0 fully saturated rings. The maximum Gasteiger partial charge on any atom is 0.222 e. The quantitative estimate of drug-likeness (QED) is 0.745. The molecule has 0 aliphatic carbocycles. The summed E-state index contributed by atoms with van der Waals surface area (Å²) in [4.78, 5) is 11.0. The van der Waals surface area contributed by atoms with Crippen molar-refractivity contribution in [2.24, 2.45) is 5.92 Å². The molecule has 5 nitrogen and oxygen atoms in total. The average molecular weight is 314 g/mol. The molecule has 0 aliphatic heterocycles. The summed E-state index contributed by atoms with van der Waals surface area (Å²) in [6.45, 7) is 7.54. The molecule has 1 atom stereocenters. The zero-order valence-corrected chi connectivity index (χ0v) is 13.9. The molecule has 2 N–H and O–H groups in total. The fraction of sp³-hybridized carbons (Fsp3) is 0.444. The second-order valence-corrected chi connectivity index (χ2v) is 5.89. The van der Waals surface area contributed by atoms with Crippen LogP contribution in [-0.2, 0) is 13.1 Å². The van der Waals surface area contributed by atoms with Crippen LogP contribution < -0.4 is 5.32 Å². The minimum Gasteiger partial charge on any atom is -0.396 e. The summed E-state index contributed by atoms with van der Waals surface area (Å²) in [6.07, 6.45) is 3.74. The lowest BCUT2D eigenvalue weighted by molar-refractivity contribution is 0.163. The van der Waals surface area contributed by atoms with E-state index in [1.807, 2.05) is 25.4 Å². The van der Waals surface area contributed by atoms with E-state index in [0.29, 0.717) is 5.95 Å². The van der Waals surface area contributed by atoms with Gasteiger partial charge >= 0.3 is 0 Å². The predicted octanol–water partition coefficient (Wildman–Crippen LogP) is 2.54. The number of rotatable bonds is 9. The summed E-state index contributed by atoms with van der Waals surface area (Å²) >= 11 is 0. The Kier molecular flexibility index (Phi) is 6.97. The summed E-state index contributed by atoms with van der Waals surface area (Å²) < 4.78 is 0. The van der Waals surface area contributed by atoms with E-state index in [9.17, 15) is 5.11 Å². The van der Waals surface area contributed by atoms with Crippen molar-refractivity contribution in [1.82, 2.24) is 14.9 Å². The molecule has 1 aromatic heterocycles. The van der Waals surface area contributed by atoms with Crippen LogP contribution in [0.4, 0.5) is 5.95 Å². The van der Waals surface area contributed by atoms with Crippen LogP contribution >= 0.6 is 0 Å².